The first-order valence-corrected chi connectivity index (χ1v) is 31.8. The Labute approximate surface area is 473 Å². The van der Waals surface area contributed by atoms with Gasteiger partial charge in [0.2, 0.25) is 11.8 Å². The Bertz CT molecular complexity index is 2450. The molecular formula is C53H65N5O10P4S4. The minimum absolute atomic E-state index is 0. The lowest BCUT2D eigenvalue weighted by atomic mass is 9.98. The largest absolute Gasteiger partial charge is 0.465 e. The predicted molar refractivity (Wildman–Crippen MR) is 320 cm³/mol. The van der Waals surface area contributed by atoms with Gasteiger partial charge in [-0.25, -0.2) is 0 Å². The number of benzene rings is 4. The molecule has 4 N–H and O–H groups in total. The summed E-state index contributed by atoms with van der Waals surface area (Å²) in [6.07, 6.45) is 5.13. The summed E-state index contributed by atoms with van der Waals surface area (Å²) in [5.74, 6) is -1.86. The third kappa shape index (κ3) is 23.4. The van der Waals surface area contributed by atoms with E-state index in [1.807, 2.05) is 62.4 Å². The Balaban J connectivity index is 0.000000924. The molecule has 15 nitrogen and oxygen atoms in total. The van der Waals surface area contributed by atoms with Crippen molar-refractivity contribution in [3.05, 3.63) is 144 Å². The topological polar surface area (TPSA) is 212 Å². The van der Waals surface area contributed by atoms with Gasteiger partial charge in [0, 0.05) is 118 Å². The fraction of sp³-hybridized carbons (Fsp3) is 0.321. The van der Waals surface area contributed by atoms with Crippen LogP contribution in [0, 0.1) is 0 Å². The quantitative estimate of drug-likeness (QED) is 0.0646. The number of nitrogens with one attached hydrogen (secondary N) is 2. The van der Waals surface area contributed by atoms with Gasteiger partial charge in [0.1, 0.15) is 13.2 Å². The number of nitrogens with zero attached hydrogens (tertiary/aromatic N) is 2. The summed E-state index contributed by atoms with van der Waals surface area (Å²) in [7, 11) is 4.98. The molecule has 4 aromatic rings. The lowest BCUT2D eigenvalue weighted by Crippen LogP contribution is -2.34. The van der Waals surface area contributed by atoms with E-state index in [1.165, 1.54) is 89.7 Å². The van der Waals surface area contributed by atoms with Crippen molar-refractivity contribution < 1.29 is 47.8 Å². The van der Waals surface area contributed by atoms with E-state index in [0.717, 1.165) is 44.5 Å². The molecule has 0 radical (unpaired) electrons. The summed E-state index contributed by atoms with van der Waals surface area (Å²) in [4.78, 5) is 90.0. The van der Waals surface area contributed by atoms with Crippen LogP contribution in [0.3, 0.4) is 0 Å². The molecule has 23 heteroatoms. The molecule has 2 heterocycles. The fourth-order valence-corrected chi connectivity index (χ4v) is 7.42. The van der Waals surface area contributed by atoms with Crippen LogP contribution in [0.2, 0.25) is 0 Å². The summed E-state index contributed by atoms with van der Waals surface area (Å²) >= 11 is 17.6. The van der Waals surface area contributed by atoms with E-state index in [0.29, 0.717) is 19.8 Å². The lowest BCUT2D eigenvalue weighted by Gasteiger charge is -2.12. The predicted octanol–water partition coefficient (Wildman–Crippen LogP) is 9.88. The molecule has 0 saturated carbocycles. The number of amides is 6. The summed E-state index contributed by atoms with van der Waals surface area (Å²) in [5.41, 5.74) is 14.9. The van der Waals surface area contributed by atoms with Crippen molar-refractivity contribution in [2.75, 3.05) is 46.4 Å². The molecule has 2 aliphatic heterocycles. The number of fused-ring (bicyclic) bond motifs is 6. The SMILES string of the molecule is C.C.CC(=O)OCC1c2ccccc2-c2ccccc21.CC(=O)OCC1c2ccccc2-c2ccccc21.CCN.CCNC(=O)CCN1C(=O)C=CC1=O.CNC(=O)CCN1C(=O)C=CC1=O.S=PP=S.S=PP=S. The Morgan fingerprint density at radius 3 is 1.03 bits per heavy atom. The van der Waals surface area contributed by atoms with Crippen LogP contribution in [0.4, 0.5) is 0 Å². The van der Waals surface area contributed by atoms with Gasteiger partial charge < -0.3 is 25.8 Å². The monoisotopic (exact) mass is 1180 g/mol. The van der Waals surface area contributed by atoms with Crippen molar-refractivity contribution >= 4 is 123 Å². The van der Waals surface area contributed by atoms with E-state index in [4.69, 9.17) is 15.2 Å². The van der Waals surface area contributed by atoms with Gasteiger partial charge >= 0.3 is 11.9 Å². The second-order valence-corrected chi connectivity index (χ2v) is 23.7. The highest BCUT2D eigenvalue weighted by molar-refractivity contribution is 8.41. The van der Waals surface area contributed by atoms with Crippen LogP contribution in [0.5, 0.6) is 0 Å². The van der Waals surface area contributed by atoms with E-state index in [1.54, 1.807) is 0 Å². The van der Waals surface area contributed by atoms with Gasteiger partial charge in [0.15, 0.2) is 0 Å². The normalized spacial score (nSPS) is 12.7. The molecule has 76 heavy (non-hydrogen) atoms. The molecule has 0 atom stereocenters. The van der Waals surface area contributed by atoms with E-state index >= 15 is 0 Å². The van der Waals surface area contributed by atoms with Crippen LogP contribution in [0.15, 0.2) is 121 Å². The van der Waals surface area contributed by atoms with Crippen molar-refractivity contribution in [3.63, 3.8) is 0 Å². The Kier molecular flexibility index (Phi) is 37.0. The molecule has 0 fully saturated rings. The minimum Gasteiger partial charge on any atom is -0.465 e. The van der Waals surface area contributed by atoms with Crippen molar-refractivity contribution in [3.8, 4) is 22.3 Å². The van der Waals surface area contributed by atoms with Crippen LogP contribution in [0.25, 0.3) is 22.3 Å². The van der Waals surface area contributed by atoms with E-state index in [2.05, 4.69) is 106 Å². The number of carbonyl (C=O) groups excluding carboxylic acids is 8. The standard InChI is InChI=1S/2C16H14O2.C9H12N2O3.C8H10N2O3.C2H7N.2CH4.2P2S2/c2*1-11(17)18-10-16-14-8-4-2-6-12(14)13-7-3-5-9-15(13)16;1-2-10-7(12)5-6-11-8(13)3-4-9(11)14;1-9-6(11)4-5-10-7(12)2-3-8(10)13;1-2-3;;;2*3-1-2-4/h2*2-9,16H,10H2,1H3;3-4H,2,5-6H2,1H3,(H,10,12);2-3H,4-5H2,1H3,(H,9,11);2-3H2,1H3;2*1H4;;. The zero-order chi connectivity index (χ0) is 55.0. The lowest BCUT2D eigenvalue weighted by molar-refractivity contribution is -0.142. The van der Waals surface area contributed by atoms with Crippen molar-refractivity contribution in [1.29, 1.82) is 0 Å². The van der Waals surface area contributed by atoms with Gasteiger partial charge in [0.05, 0.1) is 0 Å². The summed E-state index contributed by atoms with van der Waals surface area (Å²) < 4.78 is 10.4. The smallest absolute Gasteiger partial charge is 0.302 e. The molecular weight excluding hydrogens is 1120 g/mol. The van der Waals surface area contributed by atoms with Crippen molar-refractivity contribution in [2.24, 2.45) is 5.73 Å². The molecule has 2 aliphatic carbocycles. The fourth-order valence-electron chi connectivity index (χ4n) is 7.42. The molecule has 0 spiro atoms. The molecule has 406 valence electrons. The summed E-state index contributed by atoms with van der Waals surface area (Å²) in [5, 5.41) is 5.00. The van der Waals surface area contributed by atoms with Crippen LogP contribution < -0.4 is 16.4 Å². The van der Waals surface area contributed by atoms with Gasteiger partial charge in [0.25, 0.3) is 23.6 Å². The average Bonchev–Trinajstić information content (AvgIpc) is 4.12. The first-order chi connectivity index (χ1) is 35.6. The molecule has 0 aromatic heterocycles. The summed E-state index contributed by atoms with van der Waals surface area (Å²) in [6, 6.07) is 33.3. The van der Waals surface area contributed by atoms with Crippen LogP contribution in [-0.2, 0) is 95.1 Å². The number of esters is 2. The first-order valence-electron chi connectivity index (χ1n) is 22.8. The van der Waals surface area contributed by atoms with Gasteiger partial charge in [-0.3, -0.25) is 48.2 Å². The van der Waals surface area contributed by atoms with Gasteiger partial charge in [-0.1, -0.05) is 119 Å². The zero-order valence-electron chi connectivity index (χ0n) is 41.3. The number of ether oxygens (including phenoxy) is 2. The second-order valence-electron chi connectivity index (χ2n) is 15.2. The molecule has 0 saturated heterocycles. The maximum atomic E-state index is 11.0. The third-order valence-electron chi connectivity index (χ3n) is 10.5. The highest BCUT2D eigenvalue weighted by Crippen LogP contribution is 2.45. The van der Waals surface area contributed by atoms with Crippen molar-refractivity contribution in [1.82, 2.24) is 20.4 Å². The number of nitrogens with two attached hydrogens (primary N) is 1. The van der Waals surface area contributed by atoms with Crippen LogP contribution in [0.1, 0.15) is 89.5 Å². The molecule has 6 amide bonds. The van der Waals surface area contributed by atoms with Gasteiger partial charge in [-0.2, -0.15) is 0 Å². The van der Waals surface area contributed by atoms with Crippen LogP contribution >= 0.6 is 28.2 Å². The van der Waals surface area contributed by atoms with Gasteiger partial charge in [-0.15, -0.1) is 0 Å². The van der Waals surface area contributed by atoms with E-state index in [-0.39, 0.29) is 100 Å². The third-order valence-corrected chi connectivity index (χ3v) is 15.8. The number of hydrogen-bond acceptors (Lipinski definition) is 15. The van der Waals surface area contributed by atoms with E-state index < -0.39 is 0 Å². The maximum Gasteiger partial charge on any atom is 0.302 e. The highest BCUT2D eigenvalue weighted by Gasteiger charge is 2.30. The number of hydrogen-bond donors (Lipinski definition) is 3. The molecule has 0 unspecified atom stereocenters. The van der Waals surface area contributed by atoms with E-state index in [9.17, 15) is 38.4 Å². The Hall–Kier alpha value is -5.44. The zero-order valence-corrected chi connectivity index (χ0v) is 48.2. The molecule has 4 aliphatic rings. The molecule has 4 aromatic carbocycles. The molecule has 8 rings (SSSR count). The Morgan fingerprint density at radius 2 is 0.789 bits per heavy atom. The maximum absolute atomic E-state index is 11.0. The Morgan fingerprint density at radius 1 is 0.526 bits per heavy atom. The number of carbonyl (C=O) groups is 8. The second kappa shape index (κ2) is 39.9. The number of rotatable bonds is 13. The molecule has 0 bridgehead atoms. The van der Waals surface area contributed by atoms with Crippen molar-refractivity contribution in [2.45, 2.75) is 67.2 Å². The number of imide groups is 2. The van der Waals surface area contributed by atoms with Crippen LogP contribution in [-0.4, -0.2) is 104 Å². The minimum atomic E-state index is -0.353. The highest BCUT2D eigenvalue weighted by atomic mass is 32.7. The van der Waals surface area contributed by atoms with Gasteiger partial charge in [-0.05, 0) is 105 Å². The summed E-state index contributed by atoms with van der Waals surface area (Å²) in [6.45, 7) is 9.05. The average molecular weight is 1180 g/mol. The first kappa shape index (κ1) is 70.6.